The summed E-state index contributed by atoms with van der Waals surface area (Å²) in [6.07, 6.45) is 4.79. The number of carbonyl (C=O) groups is 1. The number of fused-ring (bicyclic) bond motifs is 2. The number of morpholine rings is 1. The predicted molar refractivity (Wildman–Crippen MR) is 67.0 cm³/mol. The summed E-state index contributed by atoms with van der Waals surface area (Å²) in [5, 5.41) is 0.990. The summed E-state index contributed by atoms with van der Waals surface area (Å²) in [5.74, 6) is 0. The van der Waals surface area contributed by atoms with Crippen molar-refractivity contribution in [3.63, 3.8) is 0 Å². The van der Waals surface area contributed by atoms with Crippen LogP contribution in [0.1, 0.15) is 35.1 Å². The Labute approximate surface area is 105 Å². The molecule has 3 heterocycles. The Balaban J connectivity index is 1.84. The highest BCUT2D eigenvalue weighted by atomic mass is 32.1. The lowest BCUT2D eigenvalue weighted by Gasteiger charge is -2.31. The van der Waals surface area contributed by atoms with Gasteiger partial charge < -0.3 is 9.64 Å². The molecule has 2 bridgehead atoms. The van der Waals surface area contributed by atoms with Crippen molar-refractivity contribution in [3.8, 4) is 0 Å². The Morgan fingerprint density at radius 1 is 1.47 bits per heavy atom. The molecule has 2 atom stereocenters. The largest absolute Gasteiger partial charge is 0.371 e. The van der Waals surface area contributed by atoms with Crippen molar-refractivity contribution in [2.75, 3.05) is 18.0 Å². The minimum absolute atomic E-state index is 0.363. The molecule has 4 nitrogen and oxygen atoms in total. The second-order valence-corrected chi connectivity index (χ2v) is 5.65. The van der Waals surface area contributed by atoms with Crippen LogP contribution in [-0.2, 0) is 11.2 Å². The van der Waals surface area contributed by atoms with Crippen molar-refractivity contribution < 1.29 is 9.53 Å². The molecular formula is C12H16N2O2S. The first-order chi connectivity index (χ1) is 8.30. The first-order valence-corrected chi connectivity index (χ1v) is 6.97. The van der Waals surface area contributed by atoms with Crippen molar-refractivity contribution in [2.24, 2.45) is 0 Å². The van der Waals surface area contributed by atoms with Gasteiger partial charge in [0.05, 0.1) is 22.8 Å². The third-order valence-electron chi connectivity index (χ3n) is 3.47. The molecule has 17 heavy (non-hydrogen) atoms. The zero-order valence-corrected chi connectivity index (χ0v) is 10.7. The quantitative estimate of drug-likeness (QED) is 0.770. The van der Waals surface area contributed by atoms with Gasteiger partial charge in [0.2, 0.25) is 0 Å². The van der Waals surface area contributed by atoms with Gasteiger partial charge in [-0.2, -0.15) is 0 Å². The monoisotopic (exact) mass is 252 g/mol. The molecule has 0 spiro atoms. The van der Waals surface area contributed by atoms with Crippen LogP contribution < -0.4 is 4.90 Å². The van der Waals surface area contributed by atoms with E-state index in [1.54, 1.807) is 0 Å². The summed E-state index contributed by atoms with van der Waals surface area (Å²) in [6, 6.07) is 0. The fourth-order valence-corrected chi connectivity index (χ4v) is 3.59. The molecule has 0 saturated carbocycles. The van der Waals surface area contributed by atoms with Gasteiger partial charge >= 0.3 is 0 Å². The average Bonchev–Trinajstić information content (AvgIpc) is 2.92. The zero-order valence-electron chi connectivity index (χ0n) is 9.89. The van der Waals surface area contributed by atoms with Gasteiger partial charge in [-0.25, -0.2) is 4.98 Å². The fraction of sp³-hybridized carbons (Fsp3) is 0.667. The van der Waals surface area contributed by atoms with E-state index in [-0.39, 0.29) is 0 Å². The number of nitrogens with zero attached hydrogens (tertiary/aromatic N) is 2. The number of hydrogen-bond acceptors (Lipinski definition) is 5. The summed E-state index contributed by atoms with van der Waals surface area (Å²) in [4.78, 5) is 18.6. The van der Waals surface area contributed by atoms with Crippen LogP contribution in [0.4, 0.5) is 5.13 Å². The van der Waals surface area contributed by atoms with Crippen LogP contribution in [-0.4, -0.2) is 36.6 Å². The maximum Gasteiger partial charge on any atom is 0.186 e. The Kier molecular flexibility index (Phi) is 2.88. The lowest BCUT2D eigenvalue weighted by molar-refractivity contribution is 0.0305. The van der Waals surface area contributed by atoms with E-state index in [1.165, 1.54) is 11.3 Å². The second kappa shape index (κ2) is 4.38. The van der Waals surface area contributed by atoms with Gasteiger partial charge in [-0.05, 0) is 19.3 Å². The third-order valence-corrected chi connectivity index (χ3v) is 4.56. The molecule has 0 radical (unpaired) electrons. The number of rotatable bonds is 3. The Hall–Kier alpha value is -0.940. The highest BCUT2D eigenvalue weighted by molar-refractivity contribution is 7.17. The minimum atomic E-state index is 0.363. The van der Waals surface area contributed by atoms with Crippen LogP contribution in [0.15, 0.2) is 0 Å². The molecule has 0 amide bonds. The molecule has 92 valence electrons. The highest BCUT2D eigenvalue weighted by Gasteiger charge is 2.34. The van der Waals surface area contributed by atoms with Crippen LogP contribution in [0.3, 0.4) is 0 Å². The van der Waals surface area contributed by atoms with E-state index in [2.05, 4.69) is 9.88 Å². The third kappa shape index (κ3) is 1.98. The smallest absolute Gasteiger partial charge is 0.186 e. The molecule has 2 aliphatic heterocycles. The van der Waals surface area contributed by atoms with Crippen molar-refractivity contribution in [3.05, 3.63) is 10.6 Å². The topological polar surface area (TPSA) is 42.4 Å². The lowest BCUT2D eigenvalue weighted by Crippen LogP contribution is -2.42. The predicted octanol–water partition coefficient (Wildman–Crippen LogP) is 1.89. The van der Waals surface area contributed by atoms with E-state index >= 15 is 0 Å². The van der Waals surface area contributed by atoms with Gasteiger partial charge in [-0.15, -0.1) is 0 Å². The van der Waals surface area contributed by atoms with Gasteiger partial charge in [0.25, 0.3) is 0 Å². The van der Waals surface area contributed by atoms with E-state index in [9.17, 15) is 4.79 Å². The molecule has 0 N–H and O–H groups in total. The van der Waals surface area contributed by atoms with Crippen LogP contribution in [0, 0.1) is 0 Å². The van der Waals surface area contributed by atoms with Crippen LogP contribution in [0.25, 0.3) is 0 Å². The standard InChI is InChI=1S/C12H16N2O2S/c1-2-10-11(7-15)17-12(13-10)14-5-8-3-4-9(6-14)16-8/h7-9H,2-6H2,1H3. The van der Waals surface area contributed by atoms with Gasteiger partial charge in [0.1, 0.15) is 0 Å². The molecule has 5 heteroatoms. The highest BCUT2D eigenvalue weighted by Crippen LogP contribution is 2.32. The number of hydrogen-bond donors (Lipinski definition) is 0. The first kappa shape index (κ1) is 11.2. The number of anilines is 1. The van der Waals surface area contributed by atoms with E-state index in [0.717, 1.165) is 54.3 Å². The molecule has 2 unspecified atom stereocenters. The fourth-order valence-electron chi connectivity index (χ4n) is 2.60. The van der Waals surface area contributed by atoms with E-state index in [1.807, 2.05) is 6.92 Å². The molecule has 1 aromatic heterocycles. The number of carbonyl (C=O) groups excluding carboxylic acids is 1. The van der Waals surface area contributed by atoms with Crippen molar-refractivity contribution in [2.45, 2.75) is 38.4 Å². The number of aldehydes is 1. The second-order valence-electron chi connectivity index (χ2n) is 4.64. The maximum absolute atomic E-state index is 11.0. The molecule has 0 aliphatic carbocycles. The first-order valence-electron chi connectivity index (χ1n) is 6.15. The van der Waals surface area contributed by atoms with Gasteiger partial charge in [0, 0.05) is 13.1 Å². The average molecular weight is 252 g/mol. The molecule has 2 saturated heterocycles. The summed E-state index contributed by atoms with van der Waals surface area (Å²) >= 11 is 1.51. The van der Waals surface area contributed by atoms with Gasteiger partial charge in [-0.3, -0.25) is 4.79 Å². The van der Waals surface area contributed by atoms with Crippen LogP contribution in [0.5, 0.6) is 0 Å². The van der Waals surface area contributed by atoms with Gasteiger partial charge in [0.15, 0.2) is 11.4 Å². The van der Waals surface area contributed by atoms with Crippen molar-refractivity contribution in [1.29, 1.82) is 0 Å². The zero-order chi connectivity index (χ0) is 11.8. The van der Waals surface area contributed by atoms with Crippen molar-refractivity contribution in [1.82, 2.24) is 4.98 Å². The Morgan fingerprint density at radius 3 is 2.71 bits per heavy atom. The van der Waals surface area contributed by atoms with E-state index in [0.29, 0.717) is 12.2 Å². The normalized spacial score (nSPS) is 27.5. The molecular weight excluding hydrogens is 236 g/mol. The Bertz CT molecular complexity index is 420. The van der Waals surface area contributed by atoms with Crippen LogP contribution in [0.2, 0.25) is 0 Å². The number of aryl methyl sites for hydroxylation is 1. The summed E-state index contributed by atoms with van der Waals surface area (Å²) in [7, 11) is 0. The minimum Gasteiger partial charge on any atom is -0.371 e. The summed E-state index contributed by atoms with van der Waals surface area (Å²) < 4.78 is 5.80. The molecule has 1 aromatic rings. The van der Waals surface area contributed by atoms with Crippen LogP contribution >= 0.6 is 11.3 Å². The van der Waals surface area contributed by atoms with E-state index in [4.69, 9.17) is 4.74 Å². The lowest BCUT2D eigenvalue weighted by atomic mass is 10.2. The number of aromatic nitrogens is 1. The summed E-state index contributed by atoms with van der Waals surface area (Å²) in [5.41, 5.74) is 0.929. The SMILES string of the molecule is CCc1nc(N2CC3CCC(C2)O3)sc1C=O. The van der Waals surface area contributed by atoms with E-state index < -0.39 is 0 Å². The maximum atomic E-state index is 11.0. The molecule has 2 aliphatic rings. The van der Waals surface area contributed by atoms with Crippen molar-refractivity contribution >= 4 is 22.8 Å². The number of ether oxygens (including phenoxy) is 1. The molecule has 0 aromatic carbocycles. The molecule has 3 rings (SSSR count). The molecule has 2 fully saturated rings. The van der Waals surface area contributed by atoms with Gasteiger partial charge in [-0.1, -0.05) is 18.3 Å². The summed E-state index contributed by atoms with van der Waals surface area (Å²) in [6.45, 7) is 3.88. The number of thiazole rings is 1. The Morgan fingerprint density at radius 2 is 2.18 bits per heavy atom.